The van der Waals surface area contributed by atoms with Gasteiger partial charge >= 0.3 is 0 Å². The minimum atomic E-state index is 0.648. The molecule has 0 aliphatic heterocycles. The molecule has 0 bridgehead atoms. The van der Waals surface area contributed by atoms with Crippen molar-refractivity contribution < 1.29 is 4.74 Å². The highest BCUT2D eigenvalue weighted by molar-refractivity contribution is 6.18. The predicted octanol–water partition coefficient (Wildman–Crippen LogP) is 1.77. The molecule has 1 aromatic rings. The van der Waals surface area contributed by atoms with Crippen LogP contribution in [0.1, 0.15) is 5.56 Å². The number of rotatable bonds is 7. The van der Waals surface area contributed by atoms with Crippen LogP contribution in [0, 0.1) is 0 Å². The fourth-order valence-electron chi connectivity index (χ4n) is 1.36. The second kappa shape index (κ2) is 7.63. The molecule has 1 rings (SSSR count). The molecule has 1 heterocycles. The molecular weight excluding hydrogens is 212 g/mol. The van der Waals surface area contributed by atoms with Gasteiger partial charge in [0.1, 0.15) is 0 Å². The lowest BCUT2D eigenvalue weighted by Gasteiger charge is -2.20. The van der Waals surface area contributed by atoms with Crippen molar-refractivity contribution in [3.8, 4) is 0 Å². The molecular formula is C11H17ClN2O. The van der Waals surface area contributed by atoms with E-state index in [0.29, 0.717) is 5.88 Å². The van der Waals surface area contributed by atoms with Crippen molar-refractivity contribution in [2.24, 2.45) is 0 Å². The van der Waals surface area contributed by atoms with Gasteiger partial charge in [0.2, 0.25) is 0 Å². The molecule has 0 spiro atoms. The summed E-state index contributed by atoms with van der Waals surface area (Å²) in [6, 6.07) is 4.04. The number of ether oxygens (including phenoxy) is 1. The summed E-state index contributed by atoms with van der Waals surface area (Å²) in [4.78, 5) is 6.26. The quantitative estimate of drug-likeness (QED) is 0.666. The first-order chi connectivity index (χ1) is 7.36. The zero-order valence-electron chi connectivity index (χ0n) is 9.03. The molecule has 3 nitrogen and oxygen atoms in total. The van der Waals surface area contributed by atoms with Crippen molar-refractivity contribution in [3.05, 3.63) is 30.1 Å². The van der Waals surface area contributed by atoms with E-state index < -0.39 is 0 Å². The number of methoxy groups -OCH3 is 1. The maximum Gasteiger partial charge on any atom is 0.0589 e. The Morgan fingerprint density at radius 1 is 1.33 bits per heavy atom. The molecule has 0 radical (unpaired) electrons. The van der Waals surface area contributed by atoms with E-state index in [-0.39, 0.29) is 0 Å². The van der Waals surface area contributed by atoms with E-state index in [9.17, 15) is 0 Å². The summed E-state index contributed by atoms with van der Waals surface area (Å²) in [5.41, 5.74) is 1.26. The van der Waals surface area contributed by atoms with Crippen LogP contribution in [0.2, 0.25) is 0 Å². The zero-order valence-corrected chi connectivity index (χ0v) is 9.78. The van der Waals surface area contributed by atoms with E-state index >= 15 is 0 Å². The number of pyridine rings is 1. The number of aromatic nitrogens is 1. The molecule has 15 heavy (non-hydrogen) atoms. The Morgan fingerprint density at radius 3 is 2.67 bits per heavy atom. The summed E-state index contributed by atoms with van der Waals surface area (Å²) in [5.74, 6) is 0.648. The van der Waals surface area contributed by atoms with Crippen LogP contribution < -0.4 is 0 Å². The molecule has 1 aromatic heterocycles. The van der Waals surface area contributed by atoms with Gasteiger partial charge in [0, 0.05) is 45.0 Å². The molecule has 0 saturated carbocycles. The van der Waals surface area contributed by atoms with Crippen molar-refractivity contribution in [1.29, 1.82) is 0 Å². The smallest absolute Gasteiger partial charge is 0.0589 e. The third-order valence-corrected chi connectivity index (χ3v) is 2.34. The Kier molecular flexibility index (Phi) is 6.32. The monoisotopic (exact) mass is 228 g/mol. The Labute approximate surface area is 96.0 Å². The SMILES string of the molecule is COCCN(CCCl)Cc1ccncc1. The predicted molar refractivity (Wildman–Crippen MR) is 62.1 cm³/mol. The van der Waals surface area contributed by atoms with Gasteiger partial charge in [-0.15, -0.1) is 11.6 Å². The average molecular weight is 229 g/mol. The second-order valence-electron chi connectivity index (χ2n) is 3.31. The molecule has 0 atom stereocenters. The topological polar surface area (TPSA) is 25.4 Å². The van der Waals surface area contributed by atoms with Gasteiger partial charge in [0.25, 0.3) is 0 Å². The largest absolute Gasteiger partial charge is 0.383 e. The summed E-state index contributed by atoms with van der Waals surface area (Å²) < 4.78 is 5.06. The van der Waals surface area contributed by atoms with E-state index in [1.54, 1.807) is 7.11 Å². The fraction of sp³-hybridized carbons (Fsp3) is 0.545. The Hall–Kier alpha value is -0.640. The van der Waals surface area contributed by atoms with Gasteiger partial charge in [-0.05, 0) is 17.7 Å². The number of nitrogens with zero attached hydrogens (tertiary/aromatic N) is 2. The second-order valence-corrected chi connectivity index (χ2v) is 3.69. The van der Waals surface area contributed by atoms with Gasteiger partial charge in [-0.25, -0.2) is 0 Å². The van der Waals surface area contributed by atoms with Crippen LogP contribution in [-0.2, 0) is 11.3 Å². The highest BCUT2D eigenvalue weighted by atomic mass is 35.5. The molecule has 4 heteroatoms. The van der Waals surface area contributed by atoms with Gasteiger partial charge in [-0.2, -0.15) is 0 Å². The fourth-order valence-corrected chi connectivity index (χ4v) is 1.60. The van der Waals surface area contributed by atoms with Crippen molar-refractivity contribution in [2.75, 3.05) is 32.7 Å². The van der Waals surface area contributed by atoms with Gasteiger partial charge < -0.3 is 4.74 Å². The number of hydrogen-bond donors (Lipinski definition) is 0. The average Bonchev–Trinajstić information content (AvgIpc) is 2.28. The molecule has 0 saturated heterocycles. The van der Waals surface area contributed by atoms with Gasteiger partial charge in [0.15, 0.2) is 0 Å². The zero-order chi connectivity index (χ0) is 10.9. The van der Waals surface area contributed by atoms with Crippen LogP contribution in [0.4, 0.5) is 0 Å². The van der Waals surface area contributed by atoms with Crippen molar-refractivity contribution in [3.63, 3.8) is 0 Å². The first kappa shape index (κ1) is 12.4. The highest BCUT2D eigenvalue weighted by Crippen LogP contribution is 2.03. The van der Waals surface area contributed by atoms with Gasteiger partial charge in [0.05, 0.1) is 6.61 Å². The van der Waals surface area contributed by atoms with Crippen molar-refractivity contribution in [1.82, 2.24) is 9.88 Å². The van der Waals surface area contributed by atoms with Crippen LogP contribution in [0.25, 0.3) is 0 Å². The van der Waals surface area contributed by atoms with E-state index in [4.69, 9.17) is 16.3 Å². The summed E-state index contributed by atoms with van der Waals surface area (Å²) in [6.07, 6.45) is 3.62. The van der Waals surface area contributed by atoms with Crippen LogP contribution in [0.5, 0.6) is 0 Å². The Balaban J connectivity index is 2.43. The van der Waals surface area contributed by atoms with Crippen molar-refractivity contribution in [2.45, 2.75) is 6.54 Å². The van der Waals surface area contributed by atoms with E-state index in [1.807, 2.05) is 24.5 Å². The molecule has 0 unspecified atom stereocenters. The van der Waals surface area contributed by atoms with E-state index in [1.165, 1.54) is 5.56 Å². The van der Waals surface area contributed by atoms with Crippen LogP contribution in [0.3, 0.4) is 0 Å². The minimum Gasteiger partial charge on any atom is -0.383 e. The summed E-state index contributed by atoms with van der Waals surface area (Å²) in [5, 5.41) is 0. The first-order valence-electron chi connectivity index (χ1n) is 5.03. The van der Waals surface area contributed by atoms with Crippen molar-refractivity contribution >= 4 is 11.6 Å². The minimum absolute atomic E-state index is 0.648. The van der Waals surface area contributed by atoms with Crippen LogP contribution in [0.15, 0.2) is 24.5 Å². The number of alkyl halides is 1. The summed E-state index contributed by atoms with van der Waals surface area (Å²) in [6.45, 7) is 3.43. The summed E-state index contributed by atoms with van der Waals surface area (Å²) in [7, 11) is 1.71. The number of hydrogen-bond acceptors (Lipinski definition) is 3. The Bertz CT molecular complexity index is 256. The third-order valence-electron chi connectivity index (χ3n) is 2.17. The van der Waals surface area contributed by atoms with Crippen LogP contribution in [-0.4, -0.2) is 42.6 Å². The molecule has 84 valence electrons. The molecule has 0 aliphatic rings. The Morgan fingerprint density at radius 2 is 2.07 bits per heavy atom. The maximum atomic E-state index is 5.75. The van der Waals surface area contributed by atoms with Gasteiger partial charge in [-0.1, -0.05) is 0 Å². The lowest BCUT2D eigenvalue weighted by Crippen LogP contribution is -2.28. The molecule has 0 fully saturated rings. The molecule has 0 aromatic carbocycles. The standard InChI is InChI=1S/C11H17ClN2O/c1-15-9-8-14(7-4-12)10-11-2-5-13-6-3-11/h2-3,5-6H,4,7-10H2,1H3. The van der Waals surface area contributed by atoms with Crippen LogP contribution >= 0.6 is 11.6 Å². The number of halogens is 1. The molecule has 0 N–H and O–H groups in total. The van der Waals surface area contributed by atoms with E-state index in [2.05, 4.69) is 9.88 Å². The molecule has 0 amide bonds. The summed E-state index contributed by atoms with van der Waals surface area (Å²) >= 11 is 5.75. The lowest BCUT2D eigenvalue weighted by atomic mass is 10.2. The highest BCUT2D eigenvalue weighted by Gasteiger charge is 2.04. The third kappa shape index (κ3) is 5.11. The molecule has 0 aliphatic carbocycles. The lowest BCUT2D eigenvalue weighted by molar-refractivity contribution is 0.148. The van der Waals surface area contributed by atoms with Gasteiger partial charge in [-0.3, -0.25) is 9.88 Å². The first-order valence-corrected chi connectivity index (χ1v) is 5.56. The maximum absolute atomic E-state index is 5.75. The normalized spacial score (nSPS) is 10.9. The van der Waals surface area contributed by atoms with E-state index in [0.717, 1.165) is 26.2 Å².